The Balaban J connectivity index is 1.79. The number of fused-ring (bicyclic) bond motifs is 1. The number of aryl methyl sites for hydroxylation is 2. The summed E-state index contributed by atoms with van der Waals surface area (Å²) in [5.41, 5.74) is 1.34. The van der Waals surface area contributed by atoms with Crippen LogP contribution in [-0.2, 0) is 11.2 Å². The molecule has 0 aliphatic carbocycles. The highest BCUT2D eigenvalue weighted by molar-refractivity contribution is 5.81. The molecule has 2 heterocycles. The van der Waals surface area contributed by atoms with Gasteiger partial charge in [-0.2, -0.15) is 9.78 Å². The maximum atomic E-state index is 13.1. The molecule has 0 amide bonds. The molecule has 0 saturated heterocycles. The molecule has 2 aromatic carbocycles. The topological polar surface area (TPSA) is 122 Å². The van der Waals surface area contributed by atoms with E-state index in [4.69, 9.17) is 5.11 Å². The summed E-state index contributed by atoms with van der Waals surface area (Å²) in [5.74, 6) is -0.522. The number of nitrogens with one attached hydrogen (secondary N) is 1. The average Bonchev–Trinajstić information content (AvgIpc) is 3.09. The van der Waals surface area contributed by atoms with Crippen LogP contribution in [0.3, 0.4) is 0 Å². The SMILES string of the molecule is Cc1nc2ccccc2c(=O)n1N=Cc1c(CCCC(=O)O)[nH]n(-c2ccccc2)c1=O. The number of H-pyrrole nitrogens is 1. The van der Waals surface area contributed by atoms with E-state index in [0.717, 1.165) is 4.68 Å². The molecule has 9 heteroatoms. The molecule has 0 atom stereocenters. The molecule has 162 valence electrons. The molecule has 0 saturated carbocycles. The Labute approximate surface area is 182 Å². The van der Waals surface area contributed by atoms with E-state index in [-0.39, 0.29) is 23.1 Å². The molecule has 2 N–H and O–H groups in total. The molecule has 0 unspecified atom stereocenters. The number of para-hydroxylation sites is 2. The monoisotopic (exact) mass is 431 g/mol. The van der Waals surface area contributed by atoms with Crippen molar-refractivity contribution in [3.05, 3.63) is 92.4 Å². The molecule has 0 spiro atoms. The Bertz CT molecular complexity index is 1430. The maximum absolute atomic E-state index is 13.1. The van der Waals surface area contributed by atoms with Gasteiger partial charge in [-0.3, -0.25) is 19.5 Å². The van der Waals surface area contributed by atoms with Crippen LogP contribution in [0.25, 0.3) is 16.6 Å². The van der Waals surface area contributed by atoms with E-state index < -0.39 is 5.97 Å². The number of rotatable bonds is 7. The molecule has 4 aromatic rings. The summed E-state index contributed by atoms with van der Waals surface area (Å²) in [7, 11) is 0. The third kappa shape index (κ3) is 4.13. The van der Waals surface area contributed by atoms with Crippen LogP contribution in [0.15, 0.2) is 69.3 Å². The third-order valence-electron chi connectivity index (χ3n) is 5.06. The van der Waals surface area contributed by atoms with Gasteiger partial charge in [0.2, 0.25) is 0 Å². The molecule has 0 aliphatic heterocycles. The lowest BCUT2D eigenvalue weighted by atomic mass is 10.1. The zero-order valence-corrected chi connectivity index (χ0v) is 17.4. The molecule has 4 rings (SSSR count). The summed E-state index contributed by atoms with van der Waals surface area (Å²) in [6, 6.07) is 16.0. The number of benzene rings is 2. The van der Waals surface area contributed by atoms with Crippen molar-refractivity contribution in [2.24, 2.45) is 5.10 Å². The summed E-state index contributed by atoms with van der Waals surface area (Å²) in [5, 5.41) is 16.7. The Morgan fingerprint density at radius 2 is 1.81 bits per heavy atom. The maximum Gasteiger partial charge on any atom is 0.303 e. The lowest BCUT2D eigenvalue weighted by molar-refractivity contribution is -0.137. The van der Waals surface area contributed by atoms with Gasteiger partial charge in [0.1, 0.15) is 5.82 Å². The number of hydrogen-bond donors (Lipinski definition) is 2. The second kappa shape index (κ2) is 8.84. The van der Waals surface area contributed by atoms with Gasteiger partial charge in [-0.1, -0.05) is 30.3 Å². The number of hydrogen-bond acceptors (Lipinski definition) is 5. The highest BCUT2D eigenvalue weighted by Crippen LogP contribution is 2.11. The summed E-state index contributed by atoms with van der Waals surface area (Å²) in [6.07, 6.45) is 2.00. The van der Waals surface area contributed by atoms with Gasteiger partial charge in [-0.15, -0.1) is 0 Å². The second-order valence-electron chi connectivity index (χ2n) is 7.27. The number of carboxylic acids is 1. The first-order chi connectivity index (χ1) is 15.5. The van der Waals surface area contributed by atoms with Crippen LogP contribution in [-0.4, -0.2) is 36.7 Å². The third-order valence-corrected chi connectivity index (χ3v) is 5.06. The Morgan fingerprint density at radius 1 is 1.09 bits per heavy atom. The first-order valence-corrected chi connectivity index (χ1v) is 10.1. The zero-order valence-electron chi connectivity index (χ0n) is 17.4. The first-order valence-electron chi connectivity index (χ1n) is 10.1. The van der Waals surface area contributed by atoms with Crippen LogP contribution >= 0.6 is 0 Å². The Morgan fingerprint density at radius 3 is 2.56 bits per heavy atom. The van der Waals surface area contributed by atoms with Crippen LogP contribution in [0.2, 0.25) is 0 Å². The van der Waals surface area contributed by atoms with Crippen LogP contribution in [0.1, 0.15) is 29.9 Å². The number of carbonyl (C=O) groups is 1. The minimum Gasteiger partial charge on any atom is -0.481 e. The molecule has 32 heavy (non-hydrogen) atoms. The quantitative estimate of drug-likeness (QED) is 0.435. The standard InChI is InChI=1S/C23H21N5O4/c1-15-25-19-11-6-5-10-17(19)22(31)27(15)24-14-18-20(12-7-13-21(29)30)26-28(23(18)32)16-8-3-2-4-9-16/h2-6,8-11,14,26H,7,12-13H2,1H3,(H,29,30). The molecule has 0 aliphatic rings. The largest absolute Gasteiger partial charge is 0.481 e. The lowest BCUT2D eigenvalue weighted by Crippen LogP contribution is -2.22. The van der Waals surface area contributed by atoms with Crippen molar-refractivity contribution in [2.75, 3.05) is 0 Å². The minimum absolute atomic E-state index is 0.0255. The van der Waals surface area contributed by atoms with E-state index in [1.807, 2.05) is 18.2 Å². The fraction of sp³-hybridized carbons (Fsp3) is 0.174. The van der Waals surface area contributed by atoms with Crippen molar-refractivity contribution in [1.29, 1.82) is 0 Å². The van der Waals surface area contributed by atoms with E-state index in [2.05, 4.69) is 15.2 Å². The highest BCUT2D eigenvalue weighted by Gasteiger charge is 2.15. The minimum atomic E-state index is -0.908. The number of nitrogens with zero attached hydrogens (tertiary/aromatic N) is 4. The summed E-state index contributed by atoms with van der Waals surface area (Å²) < 4.78 is 2.54. The molecule has 2 aromatic heterocycles. The smallest absolute Gasteiger partial charge is 0.303 e. The van der Waals surface area contributed by atoms with Crippen molar-refractivity contribution >= 4 is 23.1 Å². The van der Waals surface area contributed by atoms with Crippen LogP contribution in [0, 0.1) is 6.92 Å². The predicted octanol–water partition coefficient (Wildman–Crippen LogP) is 2.47. The number of aromatic amines is 1. The Hall–Kier alpha value is -4.27. The van der Waals surface area contributed by atoms with Gasteiger partial charge in [0.05, 0.1) is 28.4 Å². The van der Waals surface area contributed by atoms with E-state index >= 15 is 0 Å². The fourth-order valence-electron chi connectivity index (χ4n) is 3.48. The van der Waals surface area contributed by atoms with Gasteiger partial charge >= 0.3 is 5.97 Å². The van der Waals surface area contributed by atoms with Gasteiger partial charge in [0.15, 0.2) is 0 Å². The van der Waals surface area contributed by atoms with Gasteiger partial charge in [-0.25, -0.2) is 9.67 Å². The van der Waals surface area contributed by atoms with Gasteiger partial charge in [0, 0.05) is 12.1 Å². The number of aromatic nitrogens is 4. The van der Waals surface area contributed by atoms with E-state index in [1.165, 1.54) is 10.9 Å². The highest BCUT2D eigenvalue weighted by atomic mass is 16.4. The molecule has 9 nitrogen and oxygen atoms in total. The first kappa shape index (κ1) is 21.0. The van der Waals surface area contributed by atoms with Crippen molar-refractivity contribution in [3.63, 3.8) is 0 Å². The van der Waals surface area contributed by atoms with Gasteiger partial charge in [0.25, 0.3) is 11.1 Å². The average molecular weight is 431 g/mol. The van der Waals surface area contributed by atoms with Crippen molar-refractivity contribution in [2.45, 2.75) is 26.2 Å². The zero-order chi connectivity index (χ0) is 22.7. The molecule has 0 bridgehead atoms. The second-order valence-corrected chi connectivity index (χ2v) is 7.27. The van der Waals surface area contributed by atoms with Crippen LogP contribution in [0.5, 0.6) is 0 Å². The molecular formula is C23H21N5O4. The number of aliphatic carboxylic acids is 1. The van der Waals surface area contributed by atoms with Crippen molar-refractivity contribution in [3.8, 4) is 5.69 Å². The van der Waals surface area contributed by atoms with Gasteiger partial charge < -0.3 is 5.11 Å². The predicted molar refractivity (Wildman–Crippen MR) is 121 cm³/mol. The van der Waals surface area contributed by atoms with Crippen LogP contribution < -0.4 is 11.1 Å². The fourth-order valence-corrected chi connectivity index (χ4v) is 3.48. The summed E-state index contributed by atoms with van der Waals surface area (Å²) in [4.78, 5) is 41.3. The van der Waals surface area contributed by atoms with Gasteiger partial charge in [-0.05, 0) is 44.0 Å². The van der Waals surface area contributed by atoms with E-state index in [0.29, 0.717) is 41.0 Å². The normalized spacial score (nSPS) is 11.4. The molecule has 0 fully saturated rings. The van der Waals surface area contributed by atoms with Crippen molar-refractivity contribution in [1.82, 2.24) is 19.4 Å². The summed E-state index contributed by atoms with van der Waals surface area (Å²) >= 11 is 0. The lowest BCUT2D eigenvalue weighted by Gasteiger charge is -2.05. The Kier molecular flexibility index (Phi) is 5.80. The van der Waals surface area contributed by atoms with E-state index in [1.54, 1.807) is 43.3 Å². The van der Waals surface area contributed by atoms with Crippen LogP contribution in [0.4, 0.5) is 0 Å². The summed E-state index contributed by atoms with van der Waals surface area (Å²) in [6.45, 7) is 1.67. The molecule has 0 radical (unpaired) electrons. The van der Waals surface area contributed by atoms with E-state index in [9.17, 15) is 14.4 Å². The number of carboxylic acid groups (broad SMARTS) is 1. The van der Waals surface area contributed by atoms with Crippen molar-refractivity contribution < 1.29 is 9.90 Å². The molecular weight excluding hydrogens is 410 g/mol.